The minimum absolute atomic E-state index is 0.00519. The van der Waals surface area contributed by atoms with Crippen LogP contribution < -0.4 is 16.0 Å². The number of carbonyl (C=O) groups excluding carboxylic acids is 1. The van der Waals surface area contributed by atoms with Crippen molar-refractivity contribution in [1.82, 2.24) is 9.97 Å². The first-order chi connectivity index (χ1) is 9.20. The van der Waals surface area contributed by atoms with Crippen LogP contribution >= 0.6 is 0 Å². The lowest BCUT2D eigenvalue weighted by molar-refractivity contribution is -0.122. The molecular weight excluding hydrogens is 242 g/mol. The van der Waals surface area contributed by atoms with Crippen molar-refractivity contribution in [3.05, 3.63) is 12.4 Å². The summed E-state index contributed by atoms with van der Waals surface area (Å²) in [6, 6.07) is 0. The first-order valence-corrected chi connectivity index (χ1v) is 6.81. The van der Waals surface area contributed by atoms with E-state index in [-0.39, 0.29) is 11.8 Å². The first-order valence-electron chi connectivity index (χ1n) is 6.81. The molecule has 19 heavy (non-hydrogen) atoms. The smallest absolute Gasteiger partial charge is 0.220 e. The summed E-state index contributed by atoms with van der Waals surface area (Å²) in [5.74, 6) is 1.48. The van der Waals surface area contributed by atoms with Crippen molar-refractivity contribution in [2.75, 3.05) is 29.9 Å². The van der Waals surface area contributed by atoms with Crippen molar-refractivity contribution in [3.8, 4) is 0 Å². The third-order valence-corrected chi connectivity index (χ3v) is 3.40. The number of aromatic nitrogens is 2. The summed E-state index contributed by atoms with van der Waals surface area (Å²) >= 11 is 0. The molecular formula is C13H21N5O. The number of piperidine rings is 1. The van der Waals surface area contributed by atoms with Gasteiger partial charge in [-0.15, -0.1) is 0 Å². The van der Waals surface area contributed by atoms with Crippen molar-refractivity contribution in [3.63, 3.8) is 0 Å². The highest BCUT2D eigenvalue weighted by atomic mass is 16.1. The fraction of sp³-hybridized carbons (Fsp3) is 0.615. The number of carbonyl (C=O) groups is 1. The standard InChI is InChI=1S/C13H21N5O/c1-2-5-16-11-8-15-9-12(17-11)18-6-3-10(4-7-18)13(14)19/h8-10H,2-7H2,1H3,(H2,14,19)(H,16,17). The molecule has 0 saturated carbocycles. The third-order valence-electron chi connectivity index (χ3n) is 3.40. The highest BCUT2D eigenvalue weighted by molar-refractivity contribution is 5.76. The van der Waals surface area contributed by atoms with Gasteiger partial charge in [-0.3, -0.25) is 9.78 Å². The zero-order valence-corrected chi connectivity index (χ0v) is 11.3. The Bertz CT molecular complexity index is 429. The van der Waals surface area contributed by atoms with Gasteiger partial charge in [-0.2, -0.15) is 0 Å². The second-order valence-corrected chi connectivity index (χ2v) is 4.85. The van der Waals surface area contributed by atoms with E-state index in [2.05, 4.69) is 27.1 Å². The van der Waals surface area contributed by atoms with Gasteiger partial charge in [-0.05, 0) is 19.3 Å². The summed E-state index contributed by atoms with van der Waals surface area (Å²) in [4.78, 5) is 22.0. The van der Waals surface area contributed by atoms with Crippen LogP contribution in [0, 0.1) is 5.92 Å². The number of nitrogens with two attached hydrogens (primary N) is 1. The van der Waals surface area contributed by atoms with Gasteiger partial charge in [0.15, 0.2) is 0 Å². The van der Waals surface area contributed by atoms with Gasteiger partial charge < -0.3 is 16.0 Å². The Kier molecular flexibility index (Phi) is 4.54. The molecule has 1 aromatic rings. The van der Waals surface area contributed by atoms with Gasteiger partial charge in [0.25, 0.3) is 0 Å². The molecule has 1 saturated heterocycles. The van der Waals surface area contributed by atoms with E-state index in [9.17, 15) is 4.79 Å². The molecule has 1 fully saturated rings. The van der Waals surface area contributed by atoms with Crippen molar-refractivity contribution in [2.45, 2.75) is 26.2 Å². The molecule has 6 nitrogen and oxygen atoms in total. The fourth-order valence-electron chi connectivity index (χ4n) is 2.24. The summed E-state index contributed by atoms with van der Waals surface area (Å²) < 4.78 is 0. The lowest BCUT2D eigenvalue weighted by Crippen LogP contribution is -2.39. The van der Waals surface area contributed by atoms with E-state index in [1.807, 2.05) is 0 Å². The maximum Gasteiger partial charge on any atom is 0.220 e. The van der Waals surface area contributed by atoms with Crippen molar-refractivity contribution in [1.29, 1.82) is 0 Å². The number of nitrogens with one attached hydrogen (secondary N) is 1. The van der Waals surface area contributed by atoms with Crippen LogP contribution in [0.2, 0.25) is 0 Å². The molecule has 6 heteroatoms. The average Bonchev–Trinajstić information content (AvgIpc) is 2.45. The summed E-state index contributed by atoms with van der Waals surface area (Å²) in [5.41, 5.74) is 5.33. The number of hydrogen-bond donors (Lipinski definition) is 2. The average molecular weight is 263 g/mol. The molecule has 1 aliphatic rings. The summed E-state index contributed by atoms with van der Waals surface area (Å²) in [5, 5.41) is 3.23. The van der Waals surface area contributed by atoms with Crippen molar-refractivity contribution in [2.24, 2.45) is 11.7 Å². The Labute approximate surface area is 113 Å². The normalized spacial score (nSPS) is 16.4. The van der Waals surface area contributed by atoms with Gasteiger partial charge in [-0.25, -0.2) is 4.98 Å². The predicted molar refractivity (Wildman–Crippen MR) is 74.9 cm³/mol. The van der Waals surface area contributed by atoms with Crippen LogP contribution in [0.5, 0.6) is 0 Å². The highest BCUT2D eigenvalue weighted by Gasteiger charge is 2.23. The number of anilines is 2. The van der Waals surface area contributed by atoms with E-state index in [0.29, 0.717) is 0 Å². The SMILES string of the molecule is CCCNc1cncc(N2CCC(C(N)=O)CC2)n1. The quantitative estimate of drug-likeness (QED) is 0.828. The van der Waals surface area contributed by atoms with E-state index in [1.54, 1.807) is 12.4 Å². The Morgan fingerprint density at radius 1 is 1.47 bits per heavy atom. The van der Waals surface area contributed by atoms with Gasteiger partial charge >= 0.3 is 0 Å². The molecule has 0 aromatic carbocycles. The zero-order chi connectivity index (χ0) is 13.7. The van der Waals surface area contributed by atoms with Crippen LogP contribution in [0.15, 0.2) is 12.4 Å². The molecule has 3 N–H and O–H groups in total. The van der Waals surface area contributed by atoms with E-state index in [1.165, 1.54) is 0 Å². The van der Waals surface area contributed by atoms with Crippen LogP contribution in [0.1, 0.15) is 26.2 Å². The lowest BCUT2D eigenvalue weighted by Gasteiger charge is -2.31. The molecule has 1 amide bonds. The number of rotatable bonds is 5. The van der Waals surface area contributed by atoms with E-state index in [4.69, 9.17) is 5.73 Å². The van der Waals surface area contributed by atoms with Crippen LogP contribution in [-0.2, 0) is 4.79 Å². The molecule has 0 radical (unpaired) electrons. The molecule has 0 bridgehead atoms. The van der Waals surface area contributed by atoms with Gasteiger partial charge in [0.2, 0.25) is 5.91 Å². The van der Waals surface area contributed by atoms with Crippen LogP contribution in [0.4, 0.5) is 11.6 Å². The monoisotopic (exact) mass is 263 g/mol. The number of amides is 1. The molecule has 2 rings (SSSR count). The van der Waals surface area contributed by atoms with Gasteiger partial charge in [-0.1, -0.05) is 6.92 Å². The van der Waals surface area contributed by atoms with Crippen molar-refractivity contribution >= 4 is 17.5 Å². The van der Waals surface area contributed by atoms with Crippen molar-refractivity contribution < 1.29 is 4.79 Å². The predicted octanol–water partition coefficient (Wildman–Crippen LogP) is 1.00. The molecule has 0 unspecified atom stereocenters. The van der Waals surface area contributed by atoms with Crippen LogP contribution in [0.25, 0.3) is 0 Å². The Balaban J connectivity index is 1.97. The Morgan fingerprint density at radius 2 is 2.21 bits per heavy atom. The summed E-state index contributed by atoms with van der Waals surface area (Å²) in [6.07, 6.45) is 6.14. The first kappa shape index (κ1) is 13.6. The highest BCUT2D eigenvalue weighted by Crippen LogP contribution is 2.21. The minimum Gasteiger partial charge on any atom is -0.369 e. The minimum atomic E-state index is -0.191. The summed E-state index contributed by atoms with van der Waals surface area (Å²) in [6.45, 7) is 4.61. The van der Waals surface area contributed by atoms with Gasteiger partial charge in [0.1, 0.15) is 11.6 Å². The molecule has 2 heterocycles. The molecule has 1 aromatic heterocycles. The second-order valence-electron chi connectivity index (χ2n) is 4.85. The summed E-state index contributed by atoms with van der Waals surface area (Å²) in [7, 11) is 0. The Morgan fingerprint density at radius 3 is 2.84 bits per heavy atom. The Hall–Kier alpha value is -1.85. The molecule has 104 valence electrons. The third kappa shape index (κ3) is 3.56. The molecule has 0 atom stereocenters. The fourth-order valence-corrected chi connectivity index (χ4v) is 2.24. The largest absolute Gasteiger partial charge is 0.369 e. The second kappa shape index (κ2) is 6.36. The van der Waals surface area contributed by atoms with E-state index in [0.717, 1.165) is 50.5 Å². The zero-order valence-electron chi connectivity index (χ0n) is 11.3. The number of primary amides is 1. The van der Waals surface area contributed by atoms with E-state index >= 15 is 0 Å². The van der Waals surface area contributed by atoms with Crippen LogP contribution in [0.3, 0.4) is 0 Å². The number of hydrogen-bond acceptors (Lipinski definition) is 5. The van der Waals surface area contributed by atoms with E-state index < -0.39 is 0 Å². The molecule has 1 aliphatic heterocycles. The number of nitrogens with zero attached hydrogens (tertiary/aromatic N) is 3. The van der Waals surface area contributed by atoms with Crippen LogP contribution in [-0.4, -0.2) is 35.5 Å². The maximum absolute atomic E-state index is 11.1. The topological polar surface area (TPSA) is 84.1 Å². The lowest BCUT2D eigenvalue weighted by atomic mass is 9.96. The molecule has 0 aliphatic carbocycles. The van der Waals surface area contributed by atoms with Gasteiger partial charge in [0.05, 0.1) is 12.4 Å². The molecule has 0 spiro atoms. The van der Waals surface area contributed by atoms with Gasteiger partial charge in [0, 0.05) is 25.6 Å². The maximum atomic E-state index is 11.1.